The van der Waals surface area contributed by atoms with Crippen molar-refractivity contribution in [3.8, 4) is 0 Å². The number of sulfone groups is 1. The Morgan fingerprint density at radius 3 is 2.81 bits per heavy atom. The largest absolute Gasteiger partial charge is 0.346 e. The molecule has 2 heterocycles. The molecule has 0 saturated carbocycles. The zero-order chi connectivity index (χ0) is 11.8. The Morgan fingerprint density at radius 2 is 2.31 bits per heavy atom. The molecule has 1 amide bonds. The Balaban J connectivity index is 2.04. The van der Waals surface area contributed by atoms with Gasteiger partial charge in [-0.25, -0.2) is 8.42 Å². The van der Waals surface area contributed by atoms with E-state index in [0.29, 0.717) is 4.88 Å². The molecule has 88 valence electrons. The molecule has 0 spiro atoms. The maximum Gasteiger partial charge on any atom is 0.264 e. The zero-order valence-electron chi connectivity index (χ0n) is 7.96. The number of carbonyl (C=O) groups excluding carboxylic acids is 1. The highest BCUT2D eigenvalue weighted by Gasteiger charge is 2.37. The molecule has 1 aromatic heterocycles. The van der Waals surface area contributed by atoms with E-state index in [4.69, 9.17) is 11.6 Å². The van der Waals surface area contributed by atoms with Gasteiger partial charge >= 0.3 is 0 Å². The summed E-state index contributed by atoms with van der Waals surface area (Å²) in [7, 11) is -3.13. The lowest BCUT2D eigenvalue weighted by atomic mass is 10.2. The Kier molecular flexibility index (Phi) is 3.13. The van der Waals surface area contributed by atoms with Crippen molar-refractivity contribution in [2.75, 3.05) is 11.5 Å². The first-order valence-corrected chi connectivity index (χ1v) is 7.44. The quantitative estimate of drug-likeness (QED) is 0.750. The van der Waals surface area contributed by atoms with Crippen LogP contribution in [0.15, 0.2) is 6.20 Å². The molecule has 0 bridgehead atoms. The fraction of sp³-hybridized carbons (Fsp3) is 0.571. The molecule has 6 nitrogen and oxygen atoms in total. The molecule has 0 aromatic carbocycles. The average molecular weight is 282 g/mol. The van der Waals surface area contributed by atoms with Crippen molar-refractivity contribution < 1.29 is 13.2 Å². The van der Waals surface area contributed by atoms with Crippen molar-refractivity contribution in [2.45, 2.75) is 11.4 Å². The van der Waals surface area contributed by atoms with E-state index in [1.165, 1.54) is 6.20 Å². The molecular weight excluding hydrogens is 274 g/mol. The normalized spacial score (nSPS) is 27.8. The topological polar surface area (TPSA) is 89.0 Å². The van der Waals surface area contributed by atoms with E-state index < -0.39 is 21.3 Å². The Bertz CT molecular complexity index is 487. The van der Waals surface area contributed by atoms with Gasteiger partial charge in [-0.2, -0.15) is 0 Å². The molecule has 2 unspecified atom stereocenters. The standard InChI is InChI=1S/C7H8ClN3O3S2/c8-4-2-16(13,14)3-5(4)10-7(12)6-1-9-11-15-6/h1,4-5H,2-3H2,(H,10,12). The van der Waals surface area contributed by atoms with Crippen LogP contribution in [0.2, 0.25) is 0 Å². The molecule has 1 aliphatic heterocycles. The number of aromatic nitrogens is 2. The van der Waals surface area contributed by atoms with Crippen molar-refractivity contribution in [2.24, 2.45) is 0 Å². The maximum absolute atomic E-state index is 11.6. The maximum atomic E-state index is 11.6. The summed E-state index contributed by atoms with van der Waals surface area (Å²) >= 11 is 6.80. The van der Waals surface area contributed by atoms with E-state index in [1.807, 2.05) is 0 Å². The highest BCUT2D eigenvalue weighted by atomic mass is 35.5. The summed E-state index contributed by atoms with van der Waals surface area (Å²) in [4.78, 5) is 11.9. The average Bonchev–Trinajstić information content (AvgIpc) is 2.74. The van der Waals surface area contributed by atoms with Gasteiger partial charge in [0.25, 0.3) is 5.91 Å². The predicted octanol–water partition coefficient (Wildman–Crippen LogP) is -0.328. The van der Waals surface area contributed by atoms with E-state index in [9.17, 15) is 13.2 Å². The molecule has 2 rings (SSSR count). The summed E-state index contributed by atoms with van der Waals surface area (Å²) in [5.74, 6) is -0.595. The number of alkyl halides is 1. The third-order valence-electron chi connectivity index (χ3n) is 2.18. The summed E-state index contributed by atoms with van der Waals surface area (Å²) in [6.45, 7) is 0. The molecule has 16 heavy (non-hydrogen) atoms. The van der Waals surface area contributed by atoms with Gasteiger partial charge in [-0.05, 0) is 11.5 Å². The molecule has 0 aliphatic carbocycles. The number of hydrogen-bond acceptors (Lipinski definition) is 6. The lowest BCUT2D eigenvalue weighted by Gasteiger charge is -2.12. The second-order valence-electron chi connectivity index (χ2n) is 3.45. The fourth-order valence-corrected chi connectivity index (χ4v) is 4.41. The molecule has 1 N–H and O–H groups in total. The van der Waals surface area contributed by atoms with Crippen LogP contribution >= 0.6 is 23.1 Å². The minimum Gasteiger partial charge on any atom is -0.346 e. The fourth-order valence-electron chi connectivity index (χ4n) is 1.44. The van der Waals surface area contributed by atoms with Gasteiger partial charge in [-0.15, -0.1) is 16.7 Å². The second kappa shape index (κ2) is 4.27. The van der Waals surface area contributed by atoms with Crippen LogP contribution in [0.3, 0.4) is 0 Å². The zero-order valence-corrected chi connectivity index (χ0v) is 10.3. The lowest BCUT2D eigenvalue weighted by Crippen LogP contribution is -2.40. The first kappa shape index (κ1) is 11.7. The van der Waals surface area contributed by atoms with E-state index in [1.54, 1.807) is 0 Å². The first-order chi connectivity index (χ1) is 7.48. The number of halogens is 1. The van der Waals surface area contributed by atoms with Crippen LogP contribution in [-0.2, 0) is 9.84 Å². The van der Waals surface area contributed by atoms with Crippen LogP contribution in [0.25, 0.3) is 0 Å². The molecular formula is C7H8ClN3O3S2. The van der Waals surface area contributed by atoms with Crippen molar-refractivity contribution >= 4 is 38.9 Å². The number of carbonyl (C=O) groups is 1. The Labute approximate surface area is 101 Å². The molecule has 1 aromatic rings. The molecule has 9 heteroatoms. The molecule has 1 aliphatic rings. The predicted molar refractivity (Wildman–Crippen MR) is 59.5 cm³/mol. The van der Waals surface area contributed by atoms with E-state index in [0.717, 1.165) is 11.5 Å². The van der Waals surface area contributed by atoms with Crippen molar-refractivity contribution in [1.82, 2.24) is 14.9 Å². The monoisotopic (exact) mass is 281 g/mol. The number of amides is 1. The molecule has 0 radical (unpaired) electrons. The van der Waals surface area contributed by atoms with Crippen molar-refractivity contribution in [3.63, 3.8) is 0 Å². The summed E-state index contributed by atoms with van der Waals surface area (Å²) in [6.07, 6.45) is 1.33. The van der Waals surface area contributed by atoms with E-state index in [-0.39, 0.29) is 17.4 Å². The summed E-state index contributed by atoms with van der Waals surface area (Å²) in [5.41, 5.74) is 0. The second-order valence-corrected chi connectivity index (χ2v) is 6.95. The number of nitrogens with zero attached hydrogens (tertiary/aromatic N) is 2. The number of rotatable bonds is 2. The third-order valence-corrected chi connectivity index (χ3v) is 5.22. The van der Waals surface area contributed by atoms with E-state index in [2.05, 4.69) is 14.9 Å². The van der Waals surface area contributed by atoms with Crippen LogP contribution in [0.1, 0.15) is 9.67 Å². The highest BCUT2D eigenvalue weighted by Crippen LogP contribution is 2.18. The Hall–Kier alpha value is -0.730. The van der Waals surface area contributed by atoms with Gasteiger partial charge in [0, 0.05) is 0 Å². The van der Waals surface area contributed by atoms with Gasteiger partial charge in [0.05, 0.1) is 29.1 Å². The summed E-state index contributed by atoms with van der Waals surface area (Å²) in [5, 5.41) is 5.51. The highest BCUT2D eigenvalue weighted by molar-refractivity contribution is 7.91. The van der Waals surface area contributed by atoms with Crippen LogP contribution < -0.4 is 5.32 Å². The van der Waals surface area contributed by atoms with Gasteiger partial charge in [0.2, 0.25) is 0 Å². The van der Waals surface area contributed by atoms with Crippen LogP contribution in [0.5, 0.6) is 0 Å². The van der Waals surface area contributed by atoms with Crippen molar-refractivity contribution in [3.05, 3.63) is 11.1 Å². The number of nitrogens with one attached hydrogen (secondary N) is 1. The van der Waals surface area contributed by atoms with Gasteiger partial charge in [0.15, 0.2) is 9.84 Å². The van der Waals surface area contributed by atoms with E-state index >= 15 is 0 Å². The van der Waals surface area contributed by atoms with Gasteiger partial charge < -0.3 is 5.32 Å². The van der Waals surface area contributed by atoms with Crippen LogP contribution in [0, 0.1) is 0 Å². The summed E-state index contributed by atoms with van der Waals surface area (Å²) < 4.78 is 26.1. The van der Waals surface area contributed by atoms with Gasteiger partial charge in [-0.3, -0.25) is 4.79 Å². The molecule has 1 fully saturated rings. The third kappa shape index (κ3) is 2.50. The Morgan fingerprint density at radius 1 is 1.56 bits per heavy atom. The minimum absolute atomic E-state index is 0.0968. The molecule has 2 atom stereocenters. The smallest absolute Gasteiger partial charge is 0.264 e. The molecule has 1 saturated heterocycles. The summed E-state index contributed by atoms with van der Waals surface area (Å²) in [6, 6.07) is -0.540. The van der Waals surface area contributed by atoms with Gasteiger partial charge in [-0.1, -0.05) is 4.49 Å². The number of hydrogen-bond donors (Lipinski definition) is 1. The first-order valence-electron chi connectivity index (χ1n) is 4.41. The lowest BCUT2D eigenvalue weighted by molar-refractivity contribution is 0.0945. The van der Waals surface area contributed by atoms with Gasteiger partial charge in [0.1, 0.15) is 4.88 Å². The minimum atomic E-state index is -3.13. The SMILES string of the molecule is O=C(NC1CS(=O)(=O)CC1Cl)c1cnns1. The van der Waals surface area contributed by atoms with Crippen molar-refractivity contribution in [1.29, 1.82) is 0 Å². The van der Waals surface area contributed by atoms with Crippen LogP contribution in [0.4, 0.5) is 0 Å². The van der Waals surface area contributed by atoms with Crippen LogP contribution in [-0.4, -0.2) is 46.8 Å².